The number of nitrogens with one attached hydrogen (secondary N) is 1. The predicted molar refractivity (Wildman–Crippen MR) is 40.7 cm³/mol. The zero-order chi connectivity index (χ0) is 7.40. The van der Waals surface area contributed by atoms with Gasteiger partial charge in [0.15, 0.2) is 0 Å². The Morgan fingerprint density at radius 2 is 2.50 bits per heavy atom. The topological polar surface area (TPSA) is 35.5 Å². The molecule has 1 aliphatic rings. The Balaban J connectivity index is 2.14. The Bertz CT molecular complexity index is 97.6. The van der Waals surface area contributed by atoms with Crippen molar-refractivity contribution in [2.24, 2.45) is 0 Å². The van der Waals surface area contributed by atoms with Crippen molar-refractivity contribution >= 4 is 0 Å². The van der Waals surface area contributed by atoms with Gasteiger partial charge in [-0.2, -0.15) is 0 Å². The standard InChI is InChI=1S/C7H16N2O/c1-8-4-6-9-5-2-3-7(9)10/h7-8,10H,2-6H2,1H3. The van der Waals surface area contributed by atoms with Crippen molar-refractivity contribution in [3.05, 3.63) is 0 Å². The molecule has 1 aliphatic heterocycles. The number of hydrogen-bond donors (Lipinski definition) is 2. The van der Waals surface area contributed by atoms with Gasteiger partial charge >= 0.3 is 0 Å². The fourth-order valence-corrected chi connectivity index (χ4v) is 1.32. The molecule has 0 radical (unpaired) electrons. The summed E-state index contributed by atoms with van der Waals surface area (Å²) in [7, 11) is 1.93. The highest BCUT2D eigenvalue weighted by molar-refractivity contribution is 4.70. The van der Waals surface area contributed by atoms with Gasteiger partial charge in [0.1, 0.15) is 6.23 Å². The van der Waals surface area contributed by atoms with Crippen molar-refractivity contribution in [3.8, 4) is 0 Å². The molecule has 0 saturated carbocycles. The Morgan fingerprint density at radius 1 is 1.70 bits per heavy atom. The molecule has 1 heterocycles. The maximum Gasteiger partial charge on any atom is 0.107 e. The van der Waals surface area contributed by atoms with Gasteiger partial charge in [-0.1, -0.05) is 0 Å². The third-order valence-electron chi connectivity index (χ3n) is 1.98. The lowest BCUT2D eigenvalue weighted by molar-refractivity contribution is 0.0395. The summed E-state index contributed by atoms with van der Waals surface area (Å²) in [6.45, 7) is 3.00. The van der Waals surface area contributed by atoms with Gasteiger partial charge < -0.3 is 10.4 Å². The molecular formula is C7H16N2O. The number of aliphatic hydroxyl groups excluding tert-OH is 1. The molecule has 0 aromatic heterocycles. The lowest BCUT2D eigenvalue weighted by atomic mass is 10.4. The van der Waals surface area contributed by atoms with Gasteiger partial charge in [0, 0.05) is 19.6 Å². The van der Waals surface area contributed by atoms with Gasteiger partial charge in [-0.05, 0) is 19.9 Å². The second kappa shape index (κ2) is 3.91. The molecule has 0 spiro atoms. The highest BCUT2D eigenvalue weighted by Crippen LogP contribution is 2.12. The number of rotatable bonds is 3. The average molecular weight is 144 g/mol. The van der Waals surface area contributed by atoms with Crippen LogP contribution in [-0.2, 0) is 0 Å². The molecule has 0 bridgehead atoms. The van der Waals surface area contributed by atoms with Gasteiger partial charge in [0.25, 0.3) is 0 Å². The Labute approximate surface area is 62.0 Å². The summed E-state index contributed by atoms with van der Waals surface area (Å²) in [4.78, 5) is 2.11. The summed E-state index contributed by atoms with van der Waals surface area (Å²) >= 11 is 0. The van der Waals surface area contributed by atoms with E-state index in [0.717, 1.165) is 32.5 Å². The summed E-state index contributed by atoms with van der Waals surface area (Å²) in [5.74, 6) is 0. The van der Waals surface area contributed by atoms with E-state index in [0.29, 0.717) is 0 Å². The van der Waals surface area contributed by atoms with Crippen LogP contribution in [0.25, 0.3) is 0 Å². The van der Waals surface area contributed by atoms with Crippen LogP contribution in [0.2, 0.25) is 0 Å². The van der Waals surface area contributed by atoms with Crippen molar-refractivity contribution in [1.29, 1.82) is 0 Å². The minimum atomic E-state index is -0.173. The summed E-state index contributed by atoms with van der Waals surface area (Å²) in [5, 5.41) is 12.4. The van der Waals surface area contributed by atoms with Crippen LogP contribution in [0.5, 0.6) is 0 Å². The Hall–Kier alpha value is -0.120. The summed E-state index contributed by atoms with van der Waals surface area (Å²) in [6, 6.07) is 0. The largest absolute Gasteiger partial charge is 0.378 e. The van der Waals surface area contributed by atoms with Crippen molar-refractivity contribution in [2.45, 2.75) is 19.1 Å². The maximum absolute atomic E-state index is 9.31. The first-order valence-electron chi connectivity index (χ1n) is 3.91. The fraction of sp³-hybridized carbons (Fsp3) is 1.00. The van der Waals surface area contributed by atoms with E-state index < -0.39 is 0 Å². The van der Waals surface area contributed by atoms with E-state index in [9.17, 15) is 5.11 Å². The molecule has 0 aromatic carbocycles. The van der Waals surface area contributed by atoms with Gasteiger partial charge in [0.05, 0.1) is 0 Å². The summed E-state index contributed by atoms with van der Waals surface area (Å²) in [5.41, 5.74) is 0. The zero-order valence-corrected chi connectivity index (χ0v) is 6.51. The molecule has 3 heteroatoms. The van der Waals surface area contributed by atoms with Crippen molar-refractivity contribution in [1.82, 2.24) is 10.2 Å². The van der Waals surface area contributed by atoms with E-state index in [2.05, 4.69) is 10.2 Å². The molecular weight excluding hydrogens is 128 g/mol. The highest BCUT2D eigenvalue weighted by Gasteiger charge is 2.20. The third kappa shape index (κ3) is 1.94. The van der Waals surface area contributed by atoms with Crippen LogP contribution >= 0.6 is 0 Å². The van der Waals surface area contributed by atoms with Crippen LogP contribution in [0.4, 0.5) is 0 Å². The zero-order valence-electron chi connectivity index (χ0n) is 6.51. The monoisotopic (exact) mass is 144 g/mol. The number of nitrogens with zero attached hydrogens (tertiary/aromatic N) is 1. The minimum Gasteiger partial charge on any atom is -0.378 e. The molecule has 3 nitrogen and oxygen atoms in total. The van der Waals surface area contributed by atoms with E-state index >= 15 is 0 Å². The molecule has 1 unspecified atom stereocenters. The number of likely N-dealkylation sites (N-methyl/N-ethyl adjacent to an activating group) is 1. The molecule has 2 N–H and O–H groups in total. The molecule has 1 atom stereocenters. The first-order chi connectivity index (χ1) is 4.84. The molecule has 10 heavy (non-hydrogen) atoms. The third-order valence-corrected chi connectivity index (χ3v) is 1.98. The van der Waals surface area contributed by atoms with Crippen molar-refractivity contribution in [2.75, 3.05) is 26.7 Å². The molecule has 1 fully saturated rings. The van der Waals surface area contributed by atoms with Crippen molar-refractivity contribution in [3.63, 3.8) is 0 Å². The first-order valence-corrected chi connectivity index (χ1v) is 3.91. The van der Waals surface area contributed by atoms with E-state index in [1.54, 1.807) is 0 Å². The second-order valence-corrected chi connectivity index (χ2v) is 2.76. The molecule has 0 aromatic rings. The van der Waals surface area contributed by atoms with Crippen molar-refractivity contribution < 1.29 is 5.11 Å². The normalized spacial score (nSPS) is 27.6. The summed E-state index contributed by atoms with van der Waals surface area (Å²) < 4.78 is 0. The van der Waals surface area contributed by atoms with Crippen LogP contribution in [0.1, 0.15) is 12.8 Å². The van der Waals surface area contributed by atoms with Gasteiger partial charge in [0.2, 0.25) is 0 Å². The Kier molecular flexibility index (Phi) is 3.12. The summed E-state index contributed by atoms with van der Waals surface area (Å²) in [6.07, 6.45) is 1.92. The van der Waals surface area contributed by atoms with Gasteiger partial charge in [-0.25, -0.2) is 0 Å². The van der Waals surface area contributed by atoms with E-state index in [1.807, 2.05) is 7.05 Å². The lowest BCUT2D eigenvalue weighted by Gasteiger charge is -2.18. The average Bonchev–Trinajstić information content (AvgIpc) is 2.31. The van der Waals surface area contributed by atoms with Crippen LogP contribution < -0.4 is 5.32 Å². The van der Waals surface area contributed by atoms with Gasteiger partial charge in [-0.3, -0.25) is 4.90 Å². The van der Waals surface area contributed by atoms with Crippen LogP contribution in [0.3, 0.4) is 0 Å². The second-order valence-electron chi connectivity index (χ2n) is 2.76. The smallest absolute Gasteiger partial charge is 0.107 e. The van der Waals surface area contributed by atoms with Crippen LogP contribution in [-0.4, -0.2) is 42.9 Å². The van der Waals surface area contributed by atoms with E-state index in [1.165, 1.54) is 0 Å². The number of hydrogen-bond acceptors (Lipinski definition) is 3. The fourth-order valence-electron chi connectivity index (χ4n) is 1.32. The van der Waals surface area contributed by atoms with Gasteiger partial charge in [-0.15, -0.1) is 0 Å². The SMILES string of the molecule is CNCCN1CCCC1O. The molecule has 60 valence electrons. The first kappa shape index (κ1) is 7.98. The maximum atomic E-state index is 9.31. The quantitative estimate of drug-likeness (QED) is 0.567. The highest BCUT2D eigenvalue weighted by atomic mass is 16.3. The Morgan fingerprint density at radius 3 is 3.00 bits per heavy atom. The number of likely N-dealkylation sites (tertiary alicyclic amines) is 1. The van der Waals surface area contributed by atoms with Crippen LogP contribution in [0.15, 0.2) is 0 Å². The molecule has 0 aliphatic carbocycles. The lowest BCUT2D eigenvalue weighted by Crippen LogP contribution is -2.34. The van der Waals surface area contributed by atoms with E-state index in [4.69, 9.17) is 0 Å². The molecule has 1 saturated heterocycles. The number of aliphatic hydroxyl groups is 1. The molecule has 0 amide bonds. The molecule has 1 rings (SSSR count). The van der Waals surface area contributed by atoms with E-state index in [-0.39, 0.29) is 6.23 Å². The minimum absolute atomic E-state index is 0.173. The predicted octanol–water partition coefficient (Wildman–Crippen LogP) is -0.380. The van der Waals surface area contributed by atoms with Crippen LogP contribution in [0, 0.1) is 0 Å².